The van der Waals surface area contributed by atoms with Crippen LogP contribution in [0.2, 0.25) is 0 Å². The molecule has 1 aromatic rings. The van der Waals surface area contributed by atoms with Gasteiger partial charge in [-0.25, -0.2) is 4.79 Å². The first kappa shape index (κ1) is 17.7. The number of carbonyl (C=O) groups is 2. The van der Waals surface area contributed by atoms with Crippen LogP contribution in [0.25, 0.3) is 0 Å². The van der Waals surface area contributed by atoms with Gasteiger partial charge in [0.2, 0.25) is 5.91 Å². The molecule has 0 saturated carbocycles. The van der Waals surface area contributed by atoms with Crippen LogP contribution in [0, 0.1) is 0 Å². The molecule has 0 bridgehead atoms. The molecule has 1 amide bonds. The molecule has 1 aliphatic heterocycles. The molecule has 0 unspecified atom stereocenters. The number of halogens is 3. The first-order chi connectivity index (χ1) is 11.2. The van der Waals surface area contributed by atoms with Gasteiger partial charge in [0.25, 0.3) is 0 Å². The Morgan fingerprint density at radius 3 is 2.25 bits per heavy atom. The van der Waals surface area contributed by atoms with Crippen LogP contribution >= 0.6 is 0 Å². The number of hydrogen-bond donors (Lipinski definition) is 1. The van der Waals surface area contributed by atoms with Crippen LogP contribution in [0.3, 0.4) is 0 Å². The van der Waals surface area contributed by atoms with Crippen LogP contribution in [-0.2, 0) is 4.79 Å². The second kappa shape index (κ2) is 6.85. The summed E-state index contributed by atoms with van der Waals surface area (Å²) in [5, 5.41) is 16.1. The molecule has 1 saturated heterocycles. The maximum Gasteiger partial charge on any atom is 0.412 e. The summed E-state index contributed by atoms with van der Waals surface area (Å²) >= 11 is 0. The molecule has 0 aliphatic carbocycles. The third-order valence-electron chi connectivity index (χ3n) is 3.57. The molecule has 0 radical (unpaired) electrons. The van der Waals surface area contributed by atoms with Crippen LogP contribution in [0.1, 0.15) is 17.4 Å². The topological polar surface area (TPSA) is 86.6 Å². The van der Waals surface area contributed by atoms with E-state index in [1.165, 1.54) is 17.0 Å². The second-order valence-corrected chi connectivity index (χ2v) is 5.22. The average molecular weight is 344 g/mol. The fourth-order valence-corrected chi connectivity index (χ4v) is 2.12. The van der Waals surface area contributed by atoms with Crippen molar-refractivity contribution in [3.8, 4) is 0 Å². The highest BCUT2D eigenvalue weighted by Crippen LogP contribution is 2.25. The van der Waals surface area contributed by atoms with Crippen LogP contribution in [0.5, 0.6) is 0 Å². The minimum Gasteiger partial charge on any atom is -0.476 e. The lowest BCUT2D eigenvalue weighted by Crippen LogP contribution is -2.48. The van der Waals surface area contributed by atoms with Gasteiger partial charge in [-0.2, -0.15) is 13.2 Å². The average Bonchev–Trinajstić information content (AvgIpc) is 2.54. The molecule has 1 N–H and O–H groups in total. The van der Waals surface area contributed by atoms with Gasteiger partial charge < -0.3 is 14.9 Å². The summed E-state index contributed by atoms with van der Waals surface area (Å²) < 4.78 is 37.3. The third-order valence-corrected chi connectivity index (χ3v) is 3.57. The summed E-state index contributed by atoms with van der Waals surface area (Å²) in [4.78, 5) is 25.7. The van der Waals surface area contributed by atoms with Crippen molar-refractivity contribution in [2.24, 2.45) is 0 Å². The van der Waals surface area contributed by atoms with Gasteiger partial charge in [0, 0.05) is 37.8 Å². The largest absolute Gasteiger partial charge is 0.476 e. The smallest absolute Gasteiger partial charge is 0.412 e. The summed E-state index contributed by atoms with van der Waals surface area (Å²) in [6.45, 7) is 2.07. The van der Waals surface area contributed by atoms with E-state index in [0.717, 1.165) is 6.92 Å². The van der Waals surface area contributed by atoms with Gasteiger partial charge in [-0.3, -0.25) is 4.79 Å². The Bertz CT molecular complexity index is 650. The van der Waals surface area contributed by atoms with Crippen molar-refractivity contribution < 1.29 is 27.9 Å². The predicted molar refractivity (Wildman–Crippen MR) is 77.6 cm³/mol. The highest BCUT2D eigenvalue weighted by atomic mass is 19.4. The van der Waals surface area contributed by atoms with E-state index in [0.29, 0.717) is 25.0 Å². The monoisotopic (exact) mass is 344 g/mol. The number of aromatic nitrogens is 2. The standard InChI is InChI=1S/C14H15F3N4O3/c1-9(14(15,16)17)8-12(22)21-6-4-20(5-7-21)11-3-2-10(13(23)24)18-19-11/h2-3,8H,4-7H2,1H3,(H,23,24). The molecule has 2 rings (SSSR count). The Morgan fingerprint density at radius 1 is 1.17 bits per heavy atom. The maximum absolute atomic E-state index is 12.4. The molecule has 0 atom stereocenters. The first-order valence-corrected chi connectivity index (χ1v) is 7.05. The lowest BCUT2D eigenvalue weighted by atomic mass is 10.2. The third kappa shape index (κ3) is 4.21. The number of rotatable bonds is 3. The molecule has 0 spiro atoms. The Morgan fingerprint density at radius 2 is 1.79 bits per heavy atom. The molecule has 1 aromatic heterocycles. The van der Waals surface area contributed by atoms with Gasteiger partial charge in [0.05, 0.1) is 0 Å². The summed E-state index contributed by atoms with van der Waals surface area (Å²) in [5.41, 5.74) is -1.12. The number of carboxylic acid groups (broad SMARTS) is 1. The maximum atomic E-state index is 12.4. The Balaban J connectivity index is 1.96. The second-order valence-electron chi connectivity index (χ2n) is 5.22. The molecule has 1 fully saturated rings. The van der Waals surface area contributed by atoms with Gasteiger partial charge >= 0.3 is 12.1 Å². The molecule has 130 valence electrons. The van der Waals surface area contributed by atoms with E-state index in [9.17, 15) is 22.8 Å². The number of alkyl halides is 3. The fourth-order valence-electron chi connectivity index (χ4n) is 2.12. The zero-order valence-corrected chi connectivity index (χ0v) is 12.7. The summed E-state index contributed by atoms with van der Waals surface area (Å²) in [6.07, 6.45) is -3.92. The normalized spacial score (nSPS) is 16.2. The van der Waals surface area contributed by atoms with Crippen LogP contribution in [0.4, 0.5) is 19.0 Å². The van der Waals surface area contributed by atoms with Crippen molar-refractivity contribution in [2.75, 3.05) is 31.1 Å². The van der Waals surface area contributed by atoms with Crippen molar-refractivity contribution in [3.63, 3.8) is 0 Å². The molecule has 2 heterocycles. The van der Waals surface area contributed by atoms with Gasteiger partial charge in [-0.15, -0.1) is 10.2 Å². The molecule has 1 aliphatic rings. The highest BCUT2D eigenvalue weighted by molar-refractivity contribution is 5.88. The summed E-state index contributed by atoms with van der Waals surface area (Å²) in [7, 11) is 0. The Kier molecular flexibility index (Phi) is 5.05. The van der Waals surface area contributed by atoms with E-state index in [1.54, 1.807) is 4.90 Å². The number of piperazine rings is 1. The zero-order valence-electron chi connectivity index (χ0n) is 12.7. The minimum atomic E-state index is -4.51. The number of anilines is 1. The lowest BCUT2D eigenvalue weighted by Gasteiger charge is -2.34. The number of nitrogens with zero attached hydrogens (tertiary/aromatic N) is 4. The number of hydrogen-bond acceptors (Lipinski definition) is 5. The van der Waals surface area contributed by atoms with Crippen LogP contribution < -0.4 is 4.90 Å². The fraction of sp³-hybridized carbons (Fsp3) is 0.429. The Hall–Kier alpha value is -2.65. The van der Waals surface area contributed by atoms with Gasteiger partial charge in [0.15, 0.2) is 11.5 Å². The lowest BCUT2D eigenvalue weighted by molar-refractivity contribution is -0.127. The SMILES string of the molecule is CC(=CC(=O)N1CCN(c2ccc(C(=O)O)nn2)CC1)C(F)(F)F. The number of carboxylic acids is 1. The molecule has 10 heteroatoms. The van der Waals surface area contributed by atoms with Gasteiger partial charge in [0.1, 0.15) is 0 Å². The Labute approximate surface area is 135 Å². The number of allylic oxidation sites excluding steroid dienone is 1. The zero-order chi connectivity index (χ0) is 17.9. The molecular weight excluding hydrogens is 329 g/mol. The van der Waals surface area contributed by atoms with E-state index in [-0.39, 0.29) is 18.8 Å². The van der Waals surface area contributed by atoms with Crippen molar-refractivity contribution in [2.45, 2.75) is 13.1 Å². The number of carbonyl (C=O) groups excluding carboxylic acids is 1. The van der Waals surface area contributed by atoms with E-state index in [2.05, 4.69) is 10.2 Å². The van der Waals surface area contributed by atoms with E-state index >= 15 is 0 Å². The molecule has 0 aromatic carbocycles. The quantitative estimate of drug-likeness (QED) is 0.833. The minimum absolute atomic E-state index is 0.180. The van der Waals surface area contributed by atoms with Gasteiger partial charge in [-0.1, -0.05) is 0 Å². The van der Waals surface area contributed by atoms with Crippen molar-refractivity contribution in [1.82, 2.24) is 15.1 Å². The molecule has 24 heavy (non-hydrogen) atoms. The van der Waals surface area contributed by atoms with E-state index < -0.39 is 23.6 Å². The van der Waals surface area contributed by atoms with E-state index in [4.69, 9.17) is 5.11 Å². The van der Waals surface area contributed by atoms with Crippen LogP contribution in [-0.4, -0.2) is 64.4 Å². The summed E-state index contributed by atoms with van der Waals surface area (Å²) in [5.74, 6) is -1.41. The highest BCUT2D eigenvalue weighted by Gasteiger charge is 2.31. The van der Waals surface area contributed by atoms with Crippen molar-refractivity contribution in [1.29, 1.82) is 0 Å². The molecular formula is C14H15F3N4O3. The number of amides is 1. The number of aromatic carboxylic acids is 1. The van der Waals surface area contributed by atoms with Crippen LogP contribution in [0.15, 0.2) is 23.8 Å². The first-order valence-electron chi connectivity index (χ1n) is 7.05. The predicted octanol–water partition coefficient (Wildman–Crippen LogP) is 1.33. The van der Waals surface area contributed by atoms with E-state index in [1.807, 2.05) is 0 Å². The van der Waals surface area contributed by atoms with Crippen molar-refractivity contribution in [3.05, 3.63) is 29.5 Å². The molecule has 7 nitrogen and oxygen atoms in total. The summed E-state index contributed by atoms with van der Waals surface area (Å²) in [6, 6.07) is 2.82. The van der Waals surface area contributed by atoms with Gasteiger partial charge in [-0.05, 0) is 19.1 Å². The van der Waals surface area contributed by atoms with Crippen molar-refractivity contribution >= 4 is 17.7 Å².